The molecule has 1 heterocycles. The van der Waals surface area contributed by atoms with Crippen LogP contribution in [0.1, 0.15) is 22.7 Å². The number of thiophene rings is 1. The molecule has 1 aromatic carbocycles. The normalized spacial score (nSPS) is 21.5. The van der Waals surface area contributed by atoms with Gasteiger partial charge in [-0.05, 0) is 45.6 Å². The molecule has 0 spiro atoms. The van der Waals surface area contributed by atoms with Crippen LogP contribution in [-0.2, 0) is 16.4 Å². The van der Waals surface area contributed by atoms with E-state index in [1.807, 2.05) is 31.2 Å². The molecule has 0 radical (unpaired) electrons. The lowest BCUT2D eigenvalue weighted by Gasteiger charge is -2.17. The maximum Gasteiger partial charge on any atom is 0.250 e. The van der Waals surface area contributed by atoms with Gasteiger partial charge in [0.2, 0.25) is 0 Å². The molecule has 0 fully saturated rings. The summed E-state index contributed by atoms with van der Waals surface area (Å²) >= 11 is 4.51. The van der Waals surface area contributed by atoms with Gasteiger partial charge in [0.1, 0.15) is 4.21 Å². The van der Waals surface area contributed by atoms with Gasteiger partial charge >= 0.3 is 0 Å². The maximum atomic E-state index is 12.5. The van der Waals surface area contributed by atoms with E-state index in [0.29, 0.717) is 6.42 Å². The zero-order valence-corrected chi connectivity index (χ0v) is 14.4. The number of hydrogen-bond acceptors (Lipinski definition) is 4. The van der Waals surface area contributed by atoms with Crippen molar-refractivity contribution in [2.24, 2.45) is 0 Å². The van der Waals surface area contributed by atoms with E-state index in [-0.39, 0.29) is 4.21 Å². The summed E-state index contributed by atoms with van der Waals surface area (Å²) in [4.78, 5) is 0. The van der Waals surface area contributed by atoms with Crippen molar-refractivity contribution in [2.45, 2.75) is 29.7 Å². The van der Waals surface area contributed by atoms with Gasteiger partial charge in [-0.25, -0.2) is 13.1 Å². The molecule has 3 rings (SSSR count). The Kier molecular flexibility index (Phi) is 3.96. The van der Waals surface area contributed by atoms with Crippen LogP contribution in [0.2, 0.25) is 0 Å². The first kappa shape index (κ1) is 15.2. The van der Waals surface area contributed by atoms with Crippen LogP contribution in [-0.4, -0.2) is 19.6 Å². The van der Waals surface area contributed by atoms with E-state index in [1.165, 1.54) is 11.3 Å². The Bertz CT molecular complexity index is 766. The molecule has 7 heteroatoms. The minimum Gasteiger partial charge on any atom is -0.391 e. The highest BCUT2D eigenvalue weighted by atomic mass is 79.9. The Balaban J connectivity index is 1.93. The summed E-state index contributed by atoms with van der Waals surface area (Å²) in [6.07, 6.45) is -0.266. The monoisotopic (exact) mass is 387 g/mol. The lowest BCUT2D eigenvalue weighted by atomic mass is 10.1. The zero-order chi connectivity index (χ0) is 15.2. The van der Waals surface area contributed by atoms with E-state index in [2.05, 4.69) is 20.7 Å². The Morgan fingerprint density at radius 3 is 2.76 bits per heavy atom. The molecule has 0 aliphatic heterocycles. The highest BCUT2D eigenvalue weighted by Gasteiger charge is 2.34. The summed E-state index contributed by atoms with van der Waals surface area (Å²) in [5.41, 5.74) is 2.72. The van der Waals surface area contributed by atoms with Crippen molar-refractivity contribution in [3.8, 4) is 0 Å². The number of hydrogen-bond donors (Lipinski definition) is 2. The van der Waals surface area contributed by atoms with Gasteiger partial charge in [0.25, 0.3) is 10.0 Å². The smallest absolute Gasteiger partial charge is 0.250 e. The Morgan fingerprint density at radius 1 is 1.38 bits per heavy atom. The molecule has 2 unspecified atom stereocenters. The predicted molar refractivity (Wildman–Crippen MR) is 86.0 cm³/mol. The van der Waals surface area contributed by atoms with E-state index in [4.69, 9.17) is 0 Å². The van der Waals surface area contributed by atoms with Crippen LogP contribution in [0.3, 0.4) is 0 Å². The van der Waals surface area contributed by atoms with Crippen LogP contribution in [0.4, 0.5) is 0 Å². The largest absolute Gasteiger partial charge is 0.391 e. The van der Waals surface area contributed by atoms with Crippen molar-refractivity contribution in [2.75, 3.05) is 0 Å². The van der Waals surface area contributed by atoms with E-state index in [1.54, 1.807) is 6.07 Å². The maximum absolute atomic E-state index is 12.5. The number of sulfonamides is 1. The van der Waals surface area contributed by atoms with Gasteiger partial charge in [-0.3, -0.25) is 0 Å². The standard InChI is InChI=1S/C14H14BrNO3S2/c1-8-6-12(20-14(8)15)21(18,19)16-13-10-5-3-2-4-9(10)7-11(13)17/h2-6,11,13,16-17H,7H2,1H3. The van der Waals surface area contributed by atoms with Crippen LogP contribution in [0.5, 0.6) is 0 Å². The Morgan fingerprint density at radius 2 is 2.10 bits per heavy atom. The molecule has 2 atom stereocenters. The first-order valence-electron chi connectivity index (χ1n) is 6.42. The van der Waals surface area contributed by atoms with E-state index in [9.17, 15) is 13.5 Å². The number of nitrogens with one attached hydrogen (secondary N) is 1. The van der Waals surface area contributed by atoms with Crippen molar-refractivity contribution in [1.82, 2.24) is 4.72 Å². The zero-order valence-electron chi connectivity index (χ0n) is 11.2. The van der Waals surface area contributed by atoms with E-state index >= 15 is 0 Å². The second-order valence-corrected chi connectivity index (χ2v) is 9.40. The molecule has 21 heavy (non-hydrogen) atoms. The fraction of sp³-hybridized carbons (Fsp3) is 0.286. The third kappa shape index (κ3) is 2.80. The van der Waals surface area contributed by atoms with Gasteiger partial charge < -0.3 is 5.11 Å². The average Bonchev–Trinajstić information content (AvgIpc) is 2.92. The highest BCUT2D eigenvalue weighted by Crippen LogP contribution is 2.35. The van der Waals surface area contributed by atoms with Crippen molar-refractivity contribution in [3.63, 3.8) is 0 Å². The van der Waals surface area contributed by atoms with E-state index < -0.39 is 22.2 Å². The molecular weight excluding hydrogens is 374 g/mol. The van der Waals surface area contributed by atoms with Gasteiger partial charge in [-0.1, -0.05) is 24.3 Å². The molecule has 0 saturated carbocycles. The number of halogens is 1. The minimum atomic E-state index is -3.64. The SMILES string of the molecule is Cc1cc(S(=O)(=O)NC2c3ccccc3CC2O)sc1Br. The third-order valence-corrected chi connectivity index (χ3v) is 7.64. The van der Waals surface area contributed by atoms with E-state index in [0.717, 1.165) is 20.5 Å². The summed E-state index contributed by atoms with van der Waals surface area (Å²) in [7, 11) is -3.64. The second-order valence-electron chi connectivity index (χ2n) is 5.09. The van der Waals surface area contributed by atoms with Crippen molar-refractivity contribution >= 4 is 37.3 Å². The van der Waals surface area contributed by atoms with Gasteiger partial charge in [0.15, 0.2) is 0 Å². The van der Waals surface area contributed by atoms with Gasteiger partial charge in [-0.2, -0.15) is 0 Å². The summed E-state index contributed by atoms with van der Waals surface area (Å²) < 4.78 is 28.6. The molecule has 1 aliphatic carbocycles. The minimum absolute atomic E-state index is 0.253. The van der Waals surface area contributed by atoms with Gasteiger partial charge in [0, 0.05) is 6.42 Å². The molecule has 0 amide bonds. The van der Waals surface area contributed by atoms with Crippen molar-refractivity contribution < 1.29 is 13.5 Å². The summed E-state index contributed by atoms with van der Waals surface area (Å²) in [5.74, 6) is 0. The van der Waals surface area contributed by atoms with Crippen LogP contribution >= 0.6 is 27.3 Å². The molecule has 4 nitrogen and oxygen atoms in total. The number of aliphatic hydroxyl groups excluding tert-OH is 1. The molecule has 0 saturated heterocycles. The summed E-state index contributed by atoms with van der Waals surface area (Å²) in [5, 5.41) is 10.1. The first-order chi connectivity index (χ1) is 9.88. The van der Waals surface area contributed by atoms with Gasteiger partial charge in [0.05, 0.1) is 15.9 Å². The lowest BCUT2D eigenvalue weighted by Crippen LogP contribution is -2.33. The number of fused-ring (bicyclic) bond motifs is 1. The Labute approximate surface area is 136 Å². The van der Waals surface area contributed by atoms with Crippen LogP contribution in [0.25, 0.3) is 0 Å². The van der Waals surface area contributed by atoms with Crippen LogP contribution < -0.4 is 4.72 Å². The van der Waals surface area contributed by atoms with Crippen LogP contribution in [0.15, 0.2) is 38.3 Å². The first-order valence-corrected chi connectivity index (χ1v) is 9.52. The molecule has 112 valence electrons. The van der Waals surface area contributed by atoms with Crippen LogP contribution in [0, 0.1) is 6.92 Å². The molecule has 2 N–H and O–H groups in total. The van der Waals surface area contributed by atoms with Crippen molar-refractivity contribution in [3.05, 3.63) is 50.8 Å². The van der Waals surface area contributed by atoms with Crippen molar-refractivity contribution in [1.29, 1.82) is 0 Å². The molecule has 0 bridgehead atoms. The average molecular weight is 388 g/mol. The quantitative estimate of drug-likeness (QED) is 0.850. The number of rotatable bonds is 3. The Hall–Kier alpha value is -0.730. The number of aliphatic hydroxyl groups is 1. The summed E-state index contributed by atoms with van der Waals surface area (Å²) in [6.45, 7) is 1.85. The lowest BCUT2D eigenvalue weighted by molar-refractivity contribution is 0.151. The summed E-state index contributed by atoms with van der Waals surface area (Å²) in [6, 6.07) is 8.55. The fourth-order valence-electron chi connectivity index (χ4n) is 2.51. The third-order valence-electron chi connectivity index (χ3n) is 3.59. The fourth-order valence-corrected chi connectivity index (χ4v) is 6.00. The number of benzene rings is 1. The predicted octanol–water partition coefficient (Wildman–Crippen LogP) is 2.76. The molecule has 1 aliphatic rings. The topological polar surface area (TPSA) is 66.4 Å². The molecule has 1 aromatic heterocycles. The molecule has 2 aromatic rings. The van der Waals surface area contributed by atoms with Gasteiger partial charge in [-0.15, -0.1) is 11.3 Å². The number of aryl methyl sites for hydroxylation is 1. The highest BCUT2D eigenvalue weighted by molar-refractivity contribution is 9.11. The second kappa shape index (κ2) is 5.48. The molecular formula is C14H14BrNO3S2.